The van der Waals surface area contributed by atoms with Crippen LogP contribution < -0.4 is 0 Å². The predicted octanol–water partition coefficient (Wildman–Crippen LogP) is 2.59. The molecule has 0 saturated carbocycles. The van der Waals surface area contributed by atoms with E-state index in [1.807, 2.05) is 13.8 Å². The fourth-order valence-electron chi connectivity index (χ4n) is 2.04. The van der Waals surface area contributed by atoms with Gasteiger partial charge in [0.2, 0.25) is 0 Å². The fourth-order valence-corrected chi connectivity index (χ4v) is 3.06. The summed E-state index contributed by atoms with van der Waals surface area (Å²) < 4.78 is 5.00. The lowest BCUT2D eigenvalue weighted by molar-refractivity contribution is -0.172. The molecule has 112 valence electrons. The maximum absolute atomic E-state index is 12.2. The molecule has 1 N–H and O–H groups in total. The van der Waals surface area contributed by atoms with Crippen LogP contribution in [0.4, 0.5) is 0 Å². The van der Waals surface area contributed by atoms with Crippen LogP contribution in [-0.4, -0.2) is 28.6 Å². The van der Waals surface area contributed by atoms with Crippen molar-refractivity contribution in [2.75, 3.05) is 6.61 Å². The largest absolute Gasteiger partial charge is 0.480 e. The highest BCUT2D eigenvalue weighted by Gasteiger charge is 2.51. The van der Waals surface area contributed by atoms with Crippen LogP contribution in [0, 0.1) is 25.2 Å². The number of aliphatic carboxylic acids is 1. The minimum atomic E-state index is -1.58. The number of thiazole rings is 1. The standard InChI is InChI=1S/C14H21NO4S/c1-6-19-13(18)14(8(2)3,12(16)17)7-11-15-9(4)10(5)20-11/h8H,6-7H2,1-5H3,(H,16,17). The lowest BCUT2D eigenvalue weighted by atomic mass is 9.74. The Morgan fingerprint density at radius 1 is 1.40 bits per heavy atom. The Morgan fingerprint density at radius 3 is 2.35 bits per heavy atom. The molecule has 1 aromatic heterocycles. The molecule has 20 heavy (non-hydrogen) atoms. The summed E-state index contributed by atoms with van der Waals surface area (Å²) in [6.45, 7) is 9.08. The van der Waals surface area contributed by atoms with Crippen LogP contribution in [0.25, 0.3) is 0 Å². The number of hydrogen-bond donors (Lipinski definition) is 1. The highest BCUT2D eigenvalue weighted by atomic mass is 32.1. The number of nitrogens with zero attached hydrogens (tertiary/aromatic N) is 1. The predicted molar refractivity (Wildman–Crippen MR) is 76.8 cm³/mol. The third-order valence-corrected chi connectivity index (χ3v) is 4.58. The summed E-state index contributed by atoms with van der Waals surface area (Å²) in [7, 11) is 0. The van der Waals surface area contributed by atoms with Gasteiger partial charge in [-0.15, -0.1) is 11.3 Å². The van der Waals surface area contributed by atoms with Gasteiger partial charge in [0, 0.05) is 11.3 Å². The zero-order valence-electron chi connectivity index (χ0n) is 12.5. The first kappa shape index (κ1) is 16.6. The van der Waals surface area contributed by atoms with Crippen molar-refractivity contribution < 1.29 is 19.4 Å². The van der Waals surface area contributed by atoms with E-state index in [2.05, 4.69) is 4.98 Å². The van der Waals surface area contributed by atoms with E-state index in [1.54, 1.807) is 20.8 Å². The Balaban J connectivity index is 3.22. The minimum absolute atomic E-state index is 0.0676. The van der Waals surface area contributed by atoms with Gasteiger partial charge in [-0.2, -0.15) is 0 Å². The number of ether oxygens (including phenoxy) is 1. The zero-order chi connectivity index (χ0) is 15.5. The molecule has 1 unspecified atom stereocenters. The van der Waals surface area contributed by atoms with Crippen LogP contribution in [0.1, 0.15) is 36.3 Å². The van der Waals surface area contributed by atoms with Gasteiger partial charge >= 0.3 is 11.9 Å². The van der Waals surface area contributed by atoms with E-state index in [0.29, 0.717) is 5.01 Å². The molecule has 1 heterocycles. The summed E-state index contributed by atoms with van der Waals surface area (Å²) in [6, 6.07) is 0. The molecule has 0 aliphatic heterocycles. The third kappa shape index (κ3) is 3.00. The number of carbonyl (C=O) groups excluding carboxylic acids is 1. The van der Waals surface area contributed by atoms with Gasteiger partial charge < -0.3 is 9.84 Å². The molecule has 0 spiro atoms. The molecule has 1 aromatic rings. The molecular weight excluding hydrogens is 278 g/mol. The van der Waals surface area contributed by atoms with Gasteiger partial charge in [-0.25, -0.2) is 4.98 Å². The first-order chi connectivity index (χ1) is 9.25. The summed E-state index contributed by atoms with van der Waals surface area (Å²) in [5.74, 6) is -2.23. The topological polar surface area (TPSA) is 76.5 Å². The number of hydrogen-bond acceptors (Lipinski definition) is 5. The molecule has 0 aliphatic carbocycles. The lowest BCUT2D eigenvalue weighted by Crippen LogP contribution is -2.46. The zero-order valence-corrected chi connectivity index (χ0v) is 13.3. The van der Waals surface area contributed by atoms with Crippen molar-refractivity contribution in [2.24, 2.45) is 11.3 Å². The highest BCUT2D eigenvalue weighted by molar-refractivity contribution is 7.11. The van der Waals surface area contributed by atoms with Crippen LogP contribution in [0.2, 0.25) is 0 Å². The summed E-state index contributed by atoms with van der Waals surface area (Å²) in [4.78, 5) is 29.4. The van der Waals surface area contributed by atoms with Crippen molar-refractivity contribution in [3.05, 3.63) is 15.6 Å². The molecule has 1 rings (SSSR count). The maximum atomic E-state index is 12.2. The minimum Gasteiger partial charge on any atom is -0.480 e. The molecule has 0 aromatic carbocycles. The molecular formula is C14H21NO4S. The fraction of sp³-hybridized carbons (Fsp3) is 0.643. The first-order valence-corrected chi connectivity index (χ1v) is 7.40. The van der Waals surface area contributed by atoms with Gasteiger partial charge in [0.05, 0.1) is 17.3 Å². The van der Waals surface area contributed by atoms with Crippen LogP contribution in [-0.2, 0) is 20.7 Å². The Morgan fingerprint density at radius 2 is 2.00 bits per heavy atom. The molecule has 0 aliphatic rings. The van der Waals surface area contributed by atoms with E-state index in [9.17, 15) is 14.7 Å². The average molecular weight is 299 g/mol. The molecule has 0 radical (unpaired) electrons. The monoisotopic (exact) mass is 299 g/mol. The Bertz CT molecular complexity index is 490. The van der Waals surface area contributed by atoms with E-state index in [1.165, 1.54) is 11.3 Å². The second kappa shape index (κ2) is 6.35. The summed E-state index contributed by atoms with van der Waals surface area (Å²) in [5.41, 5.74) is -0.705. The van der Waals surface area contributed by atoms with Crippen LogP contribution >= 0.6 is 11.3 Å². The van der Waals surface area contributed by atoms with Crippen molar-refractivity contribution in [1.82, 2.24) is 4.98 Å². The Hall–Kier alpha value is -1.43. The SMILES string of the molecule is CCOC(=O)C(Cc1nc(C)c(C)s1)(C(=O)O)C(C)C. The number of carboxylic acid groups (broad SMARTS) is 1. The van der Waals surface area contributed by atoms with Crippen molar-refractivity contribution in [1.29, 1.82) is 0 Å². The number of carbonyl (C=O) groups is 2. The summed E-state index contributed by atoms with van der Waals surface area (Å²) >= 11 is 1.43. The molecule has 6 heteroatoms. The molecule has 0 fully saturated rings. The third-order valence-electron chi connectivity index (χ3n) is 3.51. The van der Waals surface area contributed by atoms with Gasteiger partial charge in [0.1, 0.15) is 0 Å². The Kier molecular flexibility index (Phi) is 5.28. The Labute approximate surface area is 123 Å². The number of rotatable bonds is 6. The van der Waals surface area contributed by atoms with Crippen molar-refractivity contribution in [3.8, 4) is 0 Å². The average Bonchev–Trinajstić information content (AvgIpc) is 2.64. The maximum Gasteiger partial charge on any atom is 0.324 e. The van der Waals surface area contributed by atoms with E-state index in [4.69, 9.17) is 4.74 Å². The van der Waals surface area contributed by atoms with Gasteiger partial charge in [-0.1, -0.05) is 13.8 Å². The van der Waals surface area contributed by atoms with E-state index in [-0.39, 0.29) is 18.9 Å². The normalized spacial score (nSPS) is 14.1. The van der Waals surface area contributed by atoms with E-state index < -0.39 is 17.4 Å². The second-order valence-corrected chi connectivity index (χ2v) is 6.37. The van der Waals surface area contributed by atoms with Gasteiger partial charge in [0.25, 0.3) is 0 Å². The number of aryl methyl sites for hydroxylation is 2. The molecule has 0 bridgehead atoms. The van der Waals surface area contributed by atoms with E-state index in [0.717, 1.165) is 10.6 Å². The van der Waals surface area contributed by atoms with Gasteiger partial charge in [0.15, 0.2) is 5.41 Å². The summed E-state index contributed by atoms with van der Waals surface area (Å²) in [6.07, 6.45) is 0.0676. The highest BCUT2D eigenvalue weighted by Crippen LogP contribution is 2.35. The second-order valence-electron chi connectivity index (χ2n) is 5.08. The van der Waals surface area contributed by atoms with Gasteiger partial charge in [-0.05, 0) is 26.7 Å². The summed E-state index contributed by atoms with van der Waals surface area (Å²) in [5, 5.41) is 10.3. The smallest absolute Gasteiger partial charge is 0.324 e. The molecule has 0 saturated heterocycles. The number of esters is 1. The quantitative estimate of drug-likeness (QED) is 0.645. The van der Waals surface area contributed by atoms with Crippen LogP contribution in [0.15, 0.2) is 0 Å². The van der Waals surface area contributed by atoms with Crippen LogP contribution in [0.5, 0.6) is 0 Å². The number of carboxylic acids is 1. The van der Waals surface area contributed by atoms with Crippen molar-refractivity contribution in [3.63, 3.8) is 0 Å². The molecule has 1 atom stereocenters. The molecule has 5 nitrogen and oxygen atoms in total. The van der Waals surface area contributed by atoms with E-state index >= 15 is 0 Å². The van der Waals surface area contributed by atoms with Crippen LogP contribution in [0.3, 0.4) is 0 Å². The van der Waals surface area contributed by atoms with Crippen molar-refractivity contribution in [2.45, 2.75) is 41.0 Å². The number of aromatic nitrogens is 1. The lowest BCUT2D eigenvalue weighted by Gasteiger charge is -2.30. The van der Waals surface area contributed by atoms with Crippen molar-refractivity contribution >= 4 is 23.3 Å². The van der Waals surface area contributed by atoms with Gasteiger partial charge in [-0.3, -0.25) is 9.59 Å². The first-order valence-electron chi connectivity index (χ1n) is 6.59. The molecule has 0 amide bonds.